The van der Waals surface area contributed by atoms with Gasteiger partial charge in [0.05, 0.1) is 6.54 Å². The number of carbonyl (C=O) groups is 1. The third-order valence-corrected chi connectivity index (χ3v) is 3.76. The van der Waals surface area contributed by atoms with Crippen LogP contribution in [0.15, 0.2) is 24.3 Å². The first kappa shape index (κ1) is 15.6. The van der Waals surface area contributed by atoms with Crippen LogP contribution in [0.25, 0.3) is 0 Å². The number of likely N-dealkylation sites (tertiary alicyclic amines) is 1. The summed E-state index contributed by atoms with van der Waals surface area (Å²) < 4.78 is 0. The highest BCUT2D eigenvalue weighted by molar-refractivity contribution is 5.94. The second kappa shape index (κ2) is 7.82. The second-order valence-corrected chi connectivity index (χ2v) is 5.56. The maximum atomic E-state index is 12.1. The molecule has 0 saturated carbocycles. The Kier molecular flexibility index (Phi) is 5.79. The highest BCUT2D eigenvalue weighted by Gasteiger charge is 2.17. The monoisotopic (exact) mass is 285 g/mol. The first-order valence-electron chi connectivity index (χ1n) is 7.45. The van der Waals surface area contributed by atoms with E-state index >= 15 is 0 Å². The SMILES string of the molecule is CN1CCCC(CNC(=O)c2ccc(C#CCN)cc2)C1. The van der Waals surface area contributed by atoms with Gasteiger partial charge in [-0.25, -0.2) is 0 Å². The van der Waals surface area contributed by atoms with Crippen molar-refractivity contribution in [2.24, 2.45) is 11.7 Å². The fraction of sp³-hybridized carbons (Fsp3) is 0.471. The standard InChI is InChI=1S/C17H23N3O/c1-20-11-3-5-15(13-20)12-19-17(21)16-8-6-14(7-9-16)4-2-10-18/h6-9,15H,3,5,10-13,18H2,1H3,(H,19,21). The molecule has 0 bridgehead atoms. The molecule has 4 heteroatoms. The highest BCUT2D eigenvalue weighted by atomic mass is 16.1. The van der Waals surface area contributed by atoms with Crippen molar-refractivity contribution in [1.82, 2.24) is 10.2 Å². The van der Waals surface area contributed by atoms with E-state index in [2.05, 4.69) is 29.1 Å². The average molecular weight is 285 g/mol. The van der Waals surface area contributed by atoms with Gasteiger partial charge in [0.15, 0.2) is 0 Å². The van der Waals surface area contributed by atoms with E-state index in [1.54, 1.807) is 0 Å². The molecule has 0 aliphatic carbocycles. The summed E-state index contributed by atoms with van der Waals surface area (Å²) in [6, 6.07) is 7.32. The van der Waals surface area contributed by atoms with Gasteiger partial charge in [0.1, 0.15) is 0 Å². The highest BCUT2D eigenvalue weighted by Crippen LogP contribution is 2.14. The minimum Gasteiger partial charge on any atom is -0.352 e. The third kappa shape index (κ3) is 4.89. The van der Waals surface area contributed by atoms with Crippen LogP contribution in [0.4, 0.5) is 0 Å². The Morgan fingerprint density at radius 3 is 2.86 bits per heavy atom. The lowest BCUT2D eigenvalue weighted by Gasteiger charge is -2.29. The lowest BCUT2D eigenvalue weighted by Crippen LogP contribution is -2.39. The Morgan fingerprint density at radius 2 is 2.19 bits per heavy atom. The summed E-state index contributed by atoms with van der Waals surface area (Å²) in [4.78, 5) is 14.4. The van der Waals surface area contributed by atoms with Crippen molar-refractivity contribution in [2.45, 2.75) is 12.8 Å². The van der Waals surface area contributed by atoms with Crippen LogP contribution in [0.1, 0.15) is 28.8 Å². The van der Waals surface area contributed by atoms with Gasteiger partial charge >= 0.3 is 0 Å². The Balaban J connectivity index is 1.85. The Hall–Kier alpha value is -1.83. The van der Waals surface area contributed by atoms with Crippen molar-refractivity contribution in [1.29, 1.82) is 0 Å². The summed E-state index contributed by atoms with van der Waals surface area (Å²) in [6.07, 6.45) is 2.41. The zero-order valence-corrected chi connectivity index (χ0v) is 12.6. The normalized spacial score (nSPS) is 18.7. The first-order valence-corrected chi connectivity index (χ1v) is 7.45. The van der Waals surface area contributed by atoms with Crippen LogP contribution in [0, 0.1) is 17.8 Å². The van der Waals surface area contributed by atoms with E-state index in [0.717, 1.165) is 25.2 Å². The van der Waals surface area contributed by atoms with Gasteiger partial charge in [-0.1, -0.05) is 11.8 Å². The fourth-order valence-corrected chi connectivity index (χ4v) is 2.64. The molecular formula is C17H23N3O. The number of hydrogen-bond acceptors (Lipinski definition) is 3. The Morgan fingerprint density at radius 1 is 1.43 bits per heavy atom. The summed E-state index contributed by atoms with van der Waals surface area (Å²) in [6.45, 7) is 3.32. The number of nitrogens with zero attached hydrogens (tertiary/aromatic N) is 1. The second-order valence-electron chi connectivity index (χ2n) is 5.56. The molecule has 2 rings (SSSR count). The molecule has 4 nitrogen and oxygen atoms in total. The molecule has 21 heavy (non-hydrogen) atoms. The topological polar surface area (TPSA) is 58.4 Å². The van der Waals surface area contributed by atoms with Crippen molar-refractivity contribution in [3.8, 4) is 11.8 Å². The number of piperidine rings is 1. The quantitative estimate of drug-likeness (QED) is 0.817. The number of rotatable bonds is 3. The molecule has 1 aromatic carbocycles. The molecule has 0 aromatic heterocycles. The van der Waals surface area contributed by atoms with Crippen LogP contribution >= 0.6 is 0 Å². The zero-order chi connectivity index (χ0) is 15.1. The number of benzene rings is 1. The average Bonchev–Trinajstić information content (AvgIpc) is 2.51. The minimum absolute atomic E-state index is 0.0124. The summed E-state index contributed by atoms with van der Waals surface area (Å²) in [5, 5.41) is 3.03. The van der Waals surface area contributed by atoms with Crippen LogP contribution < -0.4 is 11.1 Å². The van der Waals surface area contributed by atoms with Gasteiger partial charge in [-0.2, -0.15) is 0 Å². The molecule has 1 heterocycles. The van der Waals surface area contributed by atoms with E-state index in [1.165, 1.54) is 12.8 Å². The van der Waals surface area contributed by atoms with E-state index in [1.807, 2.05) is 24.3 Å². The summed E-state index contributed by atoms with van der Waals surface area (Å²) in [5.74, 6) is 6.29. The lowest BCUT2D eigenvalue weighted by molar-refractivity contribution is 0.0937. The van der Waals surface area contributed by atoms with Gasteiger partial charge in [0.2, 0.25) is 0 Å². The molecule has 3 N–H and O–H groups in total. The molecule has 0 spiro atoms. The first-order chi connectivity index (χ1) is 10.2. The largest absolute Gasteiger partial charge is 0.352 e. The van der Waals surface area contributed by atoms with E-state index in [4.69, 9.17) is 5.73 Å². The van der Waals surface area contributed by atoms with E-state index in [9.17, 15) is 4.79 Å². The van der Waals surface area contributed by atoms with E-state index in [0.29, 0.717) is 18.0 Å². The van der Waals surface area contributed by atoms with Crippen molar-refractivity contribution in [2.75, 3.05) is 33.2 Å². The summed E-state index contributed by atoms with van der Waals surface area (Å²) in [5.41, 5.74) is 6.89. The van der Waals surface area contributed by atoms with Crippen LogP contribution in [-0.4, -0.2) is 44.0 Å². The van der Waals surface area contributed by atoms with E-state index < -0.39 is 0 Å². The van der Waals surface area contributed by atoms with Crippen molar-refractivity contribution < 1.29 is 4.79 Å². The minimum atomic E-state index is -0.0124. The molecule has 1 aromatic rings. The molecule has 1 atom stereocenters. The summed E-state index contributed by atoms with van der Waals surface area (Å²) >= 11 is 0. The fourth-order valence-electron chi connectivity index (χ4n) is 2.64. The van der Waals surface area contributed by atoms with Crippen LogP contribution in [0.5, 0.6) is 0 Å². The van der Waals surface area contributed by atoms with Crippen LogP contribution in [-0.2, 0) is 0 Å². The number of carbonyl (C=O) groups excluding carboxylic acids is 1. The number of nitrogens with one attached hydrogen (secondary N) is 1. The van der Waals surface area contributed by atoms with Gasteiger partial charge in [0.25, 0.3) is 5.91 Å². The van der Waals surface area contributed by atoms with Crippen molar-refractivity contribution >= 4 is 5.91 Å². The Bertz CT molecular complexity index is 527. The van der Waals surface area contributed by atoms with Crippen LogP contribution in [0.3, 0.4) is 0 Å². The van der Waals surface area contributed by atoms with Crippen LogP contribution in [0.2, 0.25) is 0 Å². The molecule has 1 saturated heterocycles. The maximum absolute atomic E-state index is 12.1. The molecule has 112 valence electrons. The van der Waals surface area contributed by atoms with Gasteiger partial charge in [-0.3, -0.25) is 4.79 Å². The molecule has 1 aliphatic rings. The predicted molar refractivity (Wildman–Crippen MR) is 84.9 cm³/mol. The Labute approximate surface area is 126 Å². The molecule has 1 aliphatic heterocycles. The number of hydrogen-bond donors (Lipinski definition) is 2. The molecule has 0 radical (unpaired) electrons. The predicted octanol–water partition coefficient (Wildman–Crippen LogP) is 1.07. The zero-order valence-electron chi connectivity index (χ0n) is 12.6. The van der Waals surface area contributed by atoms with Gasteiger partial charge in [-0.05, 0) is 56.6 Å². The number of nitrogens with two attached hydrogens (primary N) is 1. The van der Waals surface area contributed by atoms with E-state index in [-0.39, 0.29) is 5.91 Å². The van der Waals surface area contributed by atoms with Gasteiger partial charge in [0, 0.05) is 24.2 Å². The smallest absolute Gasteiger partial charge is 0.251 e. The molecule has 1 unspecified atom stereocenters. The number of amides is 1. The third-order valence-electron chi connectivity index (χ3n) is 3.76. The lowest BCUT2D eigenvalue weighted by atomic mass is 9.98. The summed E-state index contributed by atoms with van der Waals surface area (Å²) in [7, 11) is 2.13. The van der Waals surface area contributed by atoms with Crippen molar-refractivity contribution in [3.05, 3.63) is 35.4 Å². The molecular weight excluding hydrogens is 262 g/mol. The van der Waals surface area contributed by atoms with Gasteiger partial charge < -0.3 is 16.0 Å². The van der Waals surface area contributed by atoms with Crippen molar-refractivity contribution in [3.63, 3.8) is 0 Å². The molecule has 1 fully saturated rings. The molecule has 1 amide bonds. The maximum Gasteiger partial charge on any atom is 0.251 e. The van der Waals surface area contributed by atoms with Gasteiger partial charge in [-0.15, -0.1) is 0 Å².